The van der Waals surface area contributed by atoms with Crippen molar-refractivity contribution in [1.82, 2.24) is 5.32 Å². The number of nitrogens with one attached hydrogen (secondary N) is 1. The Morgan fingerprint density at radius 1 is 0.490 bits per heavy atom. The van der Waals surface area contributed by atoms with Gasteiger partial charge >= 0.3 is 0 Å². The average Bonchev–Trinajstić information content (AvgIpc) is 3.11. The van der Waals surface area contributed by atoms with E-state index in [1.807, 2.05) is 0 Å². The van der Waals surface area contributed by atoms with Gasteiger partial charge in [-0.2, -0.15) is 0 Å². The topological polar surface area (TPSA) is 110 Å². The van der Waals surface area contributed by atoms with E-state index in [0.29, 0.717) is 19.3 Å². The lowest BCUT2D eigenvalue weighted by Crippen LogP contribution is -2.53. The van der Waals surface area contributed by atoms with Crippen LogP contribution in [0.5, 0.6) is 0 Å². The van der Waals surface area contributed by atoms with E-state index in [2.05, 4.69) is 31.3 Å². The fraction of sp³-hybridized carbons (Fsp3) is 0.930. The lowest BCUT2D eigenvalue weighted by Gasteiger charge is -2.27. The van der Waals surface area contributed by atoms with Gasteiger partial charge in [0.15, 0.2) is 0 Å². The molecule has 0 aliphatic rings. The van der Waals surface area contributed by atoms with Crippen LogP contribution in [0.25, 0.3) is 0 Å². The number of carbonyl (C=O) groups excluding carboxylic acids is 1. The molecule has 0 radical (unpaired) electrons. The van der Waals surface area contributed by atoms with Gasteiger partial charge in [-0.1, -0.05) is 206 Å². The second-order valence-corrected chi connectivity index (χ2v) is 15.0. The highest BCUT2D eigenvalue weighted by Crippen LogP contribution is 2.17. The number of carbonyl (C=O) groups is 1. The Kier molecular flexibility index (Phi) is 37.5. The van der Waals surface area contributed by atoms with E-state index in [9.17, 15) is 25.2 Å². The number of aliphatic hydroxyl groups is 4. The Morgan fingerprint density at radius 3 is 1.22 bits per heavy atom. The molecule has 49 heavy (non-hydrogen) atoms. The zero-order valence-electron chi connectivity index (χ0n) is 32.7. The Morgan fingerprint density at radius 2 is 0.857 bits per heavy atom. The average molecular weight is 696 g/mol. The van der Waals surface area contributed by atoms with Crippen molar-refractivity contribution in [3.8, 4) is 0 Å². The number of aliphatic hydroxyl groups excluding tert-OH is 4. The first-order valence-corrected chi connectivity index (χ1v) is 21.6. The van der Waals surface area contributed by atoms with Crippen molar-refractivity contribution in [2.24, 2.45) is 0 Å². The SMILES string of the molecule is CCC/C=C/CCCC(O)C(O)C(CO)NC(=O)C(O)CCCCCCCCCCCCCCCCCCCCCCCCCCCCC. The first-order valence-electron chi connectivity index (χ1n) is 21.6. The third-order valence-electron chi connectivity index (χ3n) is 10.2. The number of allylic oxidation sites excluding steroid dienone is 2. The van der Waals surface area contributed by atoms with E-state index in [-0.39, 0.29) is 0 Å². The summed E-state index contributed by atoms with van der Waals surface area (Å²) in [7, 11) is 0. The van der Waals surface area contributed by atoms with E-state index < -0.39 is 36.9 Å². The summed E-state index contributed by atoms with van der Waals surface area (Å²) in [4.78, 5) is 12.4. The monoisotopic (exact) mass is 696 g/mol. The lowest BCUT2D eigenvalue weighted by atomic mass is 10.00. The van der Waals surface area contributed by atoms with Crippen molar-refractivity contribution in [3.05, 3.63) is 12.2 Å². The van der Waals surface area contributed by atoms with Crippen LogP contribution in [-0.4, -0.2) is 57.3 Å². The molecule has 0 saturated heterocycles. The van der Waals surface area contributed by atoms with Crippen molar-refractivity contribution in [2.45, 2.75) is 250 Å². The van der Waals surface area contributed by atoms with Gasteiger partial charge in [-0.3, -0.25) is 4.79 Å². The van der Waals surface area contributed by atoms with Crippen LogP contribution < -0.4 is 5.32 Å². The highest BCUT2D eigenvalue weighted by atomic mass is 16.3. The van der Waals surface area contributed by atoms with Crippen LogP contribution in [-0.2, 0) is 4.79 Å². The molecule has 4 unspecified atom stereocenters. The van der Waals surface area contributed by atoms with Gasteiger partial charge in [0.2, 0.25) is 5.91 Å². The summed E-state index contributed by atoms with van der Waals surface area (Å²) in [5.74, 6) is -0.595. The van der Waals surface area contributed by atoms with Crippen molar-refractivity contribution in [3.63, 3.8) is 0 Å². The molecule has 4 atom stereocenters. The second kappa shape index (κ2) is 38.3. The van der Waals surface area contributed by atoms with Crippen LogP contribution in [0.2, 0.25) is 0 Å². The Bertz CT molecular complexity index is 702. The van der Waals surface area contributed by atoms with Crippen LogP contribution in [0.1, 0.15) is 226 Å². The Labute approximate surface area is 304 Å². The van der Waals surface area contributed by atoms with Crippen LogP contribution >= 0.6 is 0 Å². The predicted octanol–water partition coefficient (Wildman–Crippen LogP) is 11.0. The number of unbranched alkanes of at least 4 members (excludes halogenated alkanes) is 28. The molecule has 5 N–H and O–H groups in total. The molecule has 0 aliphatic carbocycles. The smallest absolute Gasteiger partial charge is 0.249 e. The van der Waals surface area contributed by atoms with E-state index in [4.69, 9.17) is 0 Å². The van der Waals surface area contributed by atoms with Gasteiger partial charge in [0, 0.05) is 0 Å². The first-order chi connectivity index (χ1) is 24.0. The summed E-state index contributed by atoms with van der Waals surface area (Å²) in [6.45, 7) is 3.92. The maximum atomic E-state index is 12.4. The van der Waals surface area contributed by atoms with Gasteiger partial charge in [-0.15, -0.1) is 0 Å². The maximum Gasteiger partial charge on any atom is 0.249 e. The molecule has 0 bridgehead atoms. The summed E-state index contributed by atoms with van der Waals surface area (Å²) < 4.78 is 0. The summed E-state index contributed by atoms with van der Waals surface area (Å²) >= 11 is 0. The summed E-state index contributed by atoms with van der Waals surface area (Å²) in [6, 6.07) is -0.994. The number of hydrogen-bond acceptors (Lipinski definition) is 5. The van der Waals surface area contributed by atoms with Crippen molar-refractivity contribution < 1.29 is 25.2 Å². The molecule has 0 aliphatic heterocycles. The van der Waals surface area contributed by atoms with Crippen molar-refractivity contribution in [2.75, 3.05) is 6.61 Å². The molecule has 0 fully saturated rings. The molecular formula is C43H85NO5. The Balaban J connectivity index is 3.52. The quantitative estimate of drug-likeness (QED) is 0.0325. The molecule has 0 aromatic rings. The molecule has 0 saturated carbocycles. The highest BCUT2D eigenvalue weighted by molar-refractivity contribution is 5.80. The third-order valence-corrected chi connectivity index (χ3v) is 10.2. The molecule has 0 spiro atoms. The van der Waals surface area contributed by atoms with Crippen LogP contribution in [0.3, 0.4) is 0 Å². The van der Waals surface area contributed by atoms with Crippen LogP contribution in [0, 0.1) is 0 Å². The minimum absolute atomic E-state index is 0.367. The van der Waals surface area contributed by atoms with Gasteiger partial charge in [0.05, 0.1) is 18.8 Å². The number of rotatable bonds is 39. The minimum atomic E-state index is -1.27. The fourth-order valence-electron chi connectivity index (χ4n) is 6.77. The third kappa shape index (κ3) is 32.7. The standard InChI is InChI=1S/C43H85NO5/c1-3-5-7-9-11-12-13-14-15-16-17-18-19-20-21-22-23-24-25-26-27-28-29-30-31-33-35-37-41(47)43(49)44-39(38-45)42(48)40(46)36-34-32-10-8-6-4-2/h8,10,39-42,45-48H,3-7,9,11-38H2,1-2H3,(H,44,49)/b10-8+. The molecule has 0 heterocycles. The molecule has 6 nitrogen and oxygen atoms in total. The zero-order valence-corrected chi connectivity index (χ0v) is 32.7. The van der Waals surface area contributed by atoms with Gasteiger partial charge in [0.25, 0.3) is 0 Å². The normalized spacial score (nSPS) is 14.3. The summed E-state index contributed by atoms with van der Waals surface area (Å²) in [5.41, 5.74) is 0. The van der Waals surface area contributed by atoms with Crippen LogP contribution in [0.4, 0.5) is 0 Å². The largest absolute Gasteiger partial charge is 0.394 e. The van der Waals surface area contributed by atoms with E-state index in [0.717, 1.165) is 38.5 Å². The summed E-state index contributed by atoms with van der Waals surface area (Å²) in [6.07, 6.45) is 41.6. The van der Waals surface area contributed by atoms with Gasteiger partial charge in [-0.25, -0.2) is 0 Å². The van der Waals surface area contributed by atoms with E-state index in [1.54, 1.807) is 0 Å². The maximum absolute atomic E-state index is 12.4. The van der Waals surface area contributed by atoms with Crippen molar-refractivity contribution in [1.29, 1.82) is 0 Å². The van der Waals surface area contributed by atoms with E-state index in [1.165, 1.54) is 154 Å². The fourth-order valence-corrected chi connectivity index (χ4v) is 6.77. The molecule has 0 aromatic carbocycles. The molecule has 1 amide bonds. The molecule has 0 rings (SSSR count). The zero-order chi connectivity index (χ0) is 36.0. The van der Waals surface area contributed by atoms with Gasteiger partial charge in [0.1, 0.15) is 12.2 Å². The molecule has 292 valence electrons. The first kappa shape index (κ1) is 48.0. The van der Waals surface area contributed by atoms with E-state index >= 15 is 0 Å². The lowest BCUT2D eigenvalue weighted by molar-refractivity contribution is -0.132. The Hall–Kier alpha value is -0.950. The summed E-state index contributed by atoms with van der Waals surface area (Å²) in [5, 5.41) is 43.1. The van der Waals surface area contributed by atoms with Gasteiger partial charge in [-0.05, 0) is 32.1 Å². The minimum Gasteiger partial charge on any atom is -0.394 e. The highest BCUT2D eigenvalue weighted by Gasteiger charge is 2.28. The van der Waals surface area contributed by atoms with Crippen LogP contribution in [0.15, 0.2) is 12.2 Å². The molecule has 6 heteroatoms. The number of hydrogen-bond donors (Lipinski definition) is 5. The molecule has 0 aromatic heterocycles. The second-order valence-electron chi connectivity index (χ2n) is 15.0. The van der Waals surface area contributed by atoms with Gasteiger partial charge < -0.3 is 25.7 Å². The predicted molar refractivity (Wildman–Crippen MR) is 210 cm³/mol. The molecular weight excluding hydrogens is 610 g/mol. The number of amides is 1. The van der Waals surface area contributed by atoms with Crippen molar-refractivity contribution >= 4 is 5.91 Å².